The second kappa shape index (κ2) is 6.49. The summed E-state index contributed by atoms with van der Waals surface area (Å²) in [5.41, 5.74) is 0.587. The topological polar surface area (TPSA) is 59.3 Å². The van der Waals surface area contributed by atoms with E-state index in [2.05, 4.69) is 15.2 Å². The predicted molar refractivity (Wildman–Crippen MR) is 69.8 cm³/mol. The molecule has 0 bridgehead atoms. The lowest BCUT2D eigenvalue weighted by molar-refractivity contribution is -0.274. The normalized spacial score (nSPS) is 13.0. The Morgan fingerprint density at radius 1 is 1.29 bits per heavy atom. The molecular formula is C13H14F3N3O2. The number of aromatic nitrogens is 2. The standard InChI is InChI=1S/C13H14F3N3O2/c14-13(15,16)21-12-4-2-10(3-5-12)17-8-11(20)9-19-7-1-6-18-19/h1-7,11,17,20H,8-9H2. The molecule has 1 aromatic heterocycles. The molecule has 0 spiro atoms. The summed E-state index contributed by atoms with van der Waals surface area (Å²) in [6.45, 7) is 0.578. The Bertz CT molecular complexity index is 541. The van der Waals surface area contributed by atoms with Gasteiger partial charge in [-0.15, -0.1) is 13.2 Å². The number of hydrogen-bond donors (Lipinski definition) is 2. The third-order valence-corrected chi connectivity index (χ3v) is 2.59. The fourth-order valence-corrected chi connectivity index (χ4v) is 1.70. The molecule has 0 amide bonds. The summed E-state index contributed by atoms with van der Waals surface area (Å²) >= 11 is 0. The van der Waals surface area contributed by atoms with Crippen molar-refractivity contribution in [1.29, 1.82) is 0 Å². The highest BCUT2D eigenvalue weighted by Crippen LogP contribution is 2.23. The number of anilines is 1. The Balaban J connectivity index is 1.80. The van der Waals surface area contributed by atoms with E-state index < -0.39 is 12.5 Å². The Kier molecular flexibility index (Phi) is 4.69. The molecule has 2 aromatic rings. The first-order chi connectivity index (χ1) is 9.92. The van der Waals surface area contributed by atoms with Crippen molar-refractivity contribution in [1.82, 2.24) is 9.78 Å². The second-order valence-corrected chi connectivity index (χ2v) is 4.34. The van der Waals surface area contributed by atoms with Crippen LogP contribution in [0.2, 0.25) is 0 Å². The van der Waals surface area contributed by atoms with Gasteiger partial charge in [0.1, 0.15) is 5.75 Å². The quantitative estimate of drug-likeness (QED) is 0.859. The molecule has 0 saturated heterocycles. The zero-order valence-corrected chi connectivity index (χ0v) is 10.9. The van der Waals surface area contributed by atoms with Crippen molar-refractivity contribution in [2.75, 3.05) is 11.9 Å². The molecule has 0 aliphatic heterocycles. The lowest BCUT2D eigenvalue weighted by Crippen LogP contribution is -2.25. The van der Waals surface area contributed by atoms with Gasteiger partial charge in [-0.05, 0) is 30.3 Å². The van der Waals surface area contributed by atoms with Crippen LogP contribution in [0.15, 0.2) is 42.7 Å². The molecule has 0 radical (unpaired) electrons. The van der Waals surface area contributed by atoms with E-state index in [0.717, 1.165) is 0 Å². The summed E-state index contributed by atoms with van der Waals surface area (Å²) in [5, 5.41) is 16.7. The van der Waals surface area contributed by atoms with Gasteiger partial charge in [0.25, 0.3) is 0 Å². The number of alkyl halides is 3. The summed E-state index contributed by atoms with van der Waals surface area (Å²) in [4.78, 5) is 0. The van der Waals surface area contributed by atoms with Gasteiger partial charge < -0.3 is 15.2 Å². The molecule has 1 unspecified atom stereocenters. The third kappa shape index (κ3) is 5.35. The summed E-state index contributed by atoms with van der Waals surface area (Å²) in [7, 11) is 0. The van der Waals surface area contributed by atoms with Crippen molar-refractivity contribution in [3.63, 3.8) is 0 Å². The van der Waals surface area contributed by atoms with E-state index in [9.17, 15) is 18.3 Å². The fraction of sp³-hybridized carbons (Fsp3) is 0.308. The molecule has 114 valence electrons. The van der Waals surface area contributed by atoms with Gasteiger partial charge in [-0.2, -0.15) is 5.10 Å². The molecule has 1 atom stereocenters. The van der Waals surface area contributed by atoms with Crippen LogP contribution >= 0.6 is 0 Å². The number of hydrogen-bond acceptors (Lipinski definition) is 4. The third-order valence-electron chi connectivity index (χ3n) is 2.59. The van der Waals surface area contributed by atoms with Crippen LogP contribution in [0.3, 0.4) is 0 Å². The number of halogens is 3. The van der Waals surface area contributed by atoms with Crippen LogP contribution in [0.5, 0.6) is 5.75 Å². The van der Waals surface area contributed by atoms with Crippen molar-refractivity contribution in [3.8, 4) is 5.75 Å². The maximum absolute atomic E-state index is 12.0. The van der Waals surface area contributed by atoms with E-state index in [1.807, 2.05) is 0 Å². The van der Waals surface area contributed by atoms with Crippen molar-refractivity contribution in [2.24, 2.45) is 0 Å². The fourth-order valence-electron chi connectivity index (χ4n) is 1.70. The van der Waals surface area contributed by atoms with Crippen LogP contribution < -0.4 is 10.1 Å². The summed E-state index contributed by atoms with van der Waals surface area (Å²) in [6, 6.07) is 7.05. The second-order valence-electron chi connectivity index (χ2n) is 4.34. The maximum Gasteiger partial charge on any atom is 0.573 e. The number of benzene rings is 1. The lowest BCUT2D eigenvalue weighted by Gasteiger charge is -2.13. The number of aliphatic hydroxyl groups excluding tert-OH is 1. The van der Waals surface area contributed by atoms with E-state index in [1.165, 1.54) is 24.3 Å². The minimum atomic E-state index is -4.70. The highest BCUT2D eigenvalue weighted by atomic mass is 19.4. The smallest absolute Gasteiger partial charge is 0.406 e. The van der Waals surface area contributed by atoms with Crippen LogP contribution in [0.4, 0.5) is 18.9 Å². The number of ether oxygens (including phenoxy) is 1. The van der Waals surface area contributed by atoms with Gasteiger partial charge in [0.05, 0.1) is 12.6 Å². The highest BCUT2D eigenvalue weighted by Gasteiger charge is 2.30. The van der Waals surface area contributed by atoms with Gasteiger partial charge >= 0.3 is 6.36 Å². The van der Waals surface area contributed by atoms with Crippen molar-refractivity contribution < 1.29 is 23.0 Å². The van der Waals surface area contributed by atoms with E-state index in [-0.39, 0.29) is 12.3 Å². The van der Waals surface area contributed by atoms with Gasteiger partial charge in [-0.3, -0.25) is 4.68 Å². The van der Waals surface area contributed by atoms with Crippen molar-refractivity contribution >= 4 is 5.69 Å². The molecule has 2 N–H and O–H groups in total. The van der Waals surface area contributed by atoms with Crippen molar-refractivity contribution in [2.45, 2.75) is 19.0 Å². The molecule has 0 fully saturated rings. The van der Waals surface area contributed by atoms with E-state index in [4.69, 9.17) is 0 Å². The number of rotatable bonds is 6. The van der Waals surface area contributed by atoms with Gasteiger partial charge in [0, 0.05) is 24.6 Å². The molecule has 2 rings (SSSR count). The van der Waals surface area contributed by atoms with Crippen molar-refractivity contribution in [3.05, 3.63) is 42.7 Å². The Morgan fingerprint density at radius 3 is 2.57 bits per heavy atom. The van der Waals surface area contributed by atoms with E-state index in [0.29, 0.717) is 12.2 Å². The summed E-state index contributed by atoms with van der Waals surface area (Å²) in [5.74, 6) is -0.287. The van der Waals surface area contributed by atoms with Crippen LogP contribution in [0.1, 0.15) is 0 Å². The zero-order chi connectivity index (χ0) is 15.3. The molecular weight excluding hydrogens is 287 g/mol. The molecule has 1 heterocycles. The largest absolute Gasteiger partial charge is 0.573 e. The number of aliphatic hydroxyl groups is 1. The Hall–Kier alpha value is -2.22. The predicted octanol–water partition coefficient (Wildman–Crippen LogP) is 2.25. The maximum atomic E-state index is 12.0. The van der Waals surface area contributed by atoms with Crippen LogP contribution in [0, 0.1) is 0 Å². The van der Waals surface area contributed by atoms with Crippen LogP contribution in [0.25, 0.3) is 0 Å². The number of nitrogens with one attached hydrogen (secondary N) is 1. The summed E-state index contributed by atoms with van der Waals surface area (Å²) in [6.07, 6.45) is -2.03. The average Bonchev–Trinajstić information content (AvgIpc) is 2.89. The van der Waals surface area contributed by atoms with Gasteiger partial charge in [-0.25, -0.2) is 0 Å². The Labute approximate surface area is 119 Å². The van der Waals surface area contributed by atoms with Gasteiger partial charge in [-0.1, -0.05) is 0 Å². The van der Waals surface area contributed by atoms with E-state index >= 15 is 0 Å². The van der Waals surface area contributed by atoms with Gasteiger partial charge in [0.15, 0.2) is 0 Å². The molecule has 1 aromatic carbocycles. The molecule has 0 aliphatic rings. The van der Waals surface area contributed by atoms with Crippen LogP contribution in [-0.4, -0.2) is 33.9 Å². The molecule has 0 saturated carbocycles. The monoisotopic (exact) mass is 301 g/mol. The minimum Gasteiger partial charge on any atom is -0.406 e. The highest BCUT2D eigenvalue weighted by molar-refractivity contribution is 5.46. The average molecular weight is 301 g/mol. The SMILES string of the molecule is OC(CNc1ccc(OC(F)(F)F)cc1)Cn1cccn1. The molecule has 5 nitrogen and oxygen atoms in total. The molecule has 8 heteroatoms. The first kappa shape index (κ1) is 15.2. The lowest BCUT2D eigenvalue weighted by atomic mass is 10.3. The first-order valence-electron chi connectivity index (χ1n) is 6.17. The molecule has 21 heavy (non-hydrogen) atoms. The number of nitrogens with zero attached hydrogens (tertiary/aromatic N) is 2. The zero-order valence-electron chi connectivity index (χ0n) is 10.9. The Morgan fingerprint density at radius 2 is 2.00 bits per heavy atom. The first-order valence-corrected chi connectivity index (χ1v) is 6.17. The minimum absolute atomic E-state index is 0.249. The van der Waals surface area contributed by atoms with Crippen LogP contribution in [-0.2, 0) is 6.54 Å². The summed E-state index contributed by atoms with van der Waals surface area (Å²) < 4.78 is 41.3. The van der Waals surface area contributed by atoms with Gasteiger partial charge in [0.2, 0.25) is 0 Å². The molecule has 0 aliphatic carbocycles. The van der Waals surface area contributed by atoms with E-state index in [1.54, 1.807) is 23.1 Å².